The topological polar surface area (TPSA) is 89.8 Å². The van der Waals surface area contributed by atoms with Crippen molar-refractivity contribution in [2.75, 3.05) is 6.61 Å². The molecule has 0 aromatic heterocycles. The maximum Gasteiger partial charge on any atom is 0.220 e. The number of hydrogen-bond donors (Lipinski definition) is 4. The first-order valence-electron chi connectivity index (χ1n) is 15.8. The van der Waals surface area contributed by atoms with Gasteiger partial charge in [-0.2, -0.15) is 0 Å². The van der Waals surface area contributed by atoms with Crippen molar-refractivity contribution in [3.8, 4) is 0 Å². The summed E-state index contributed by atoms with van der Waals surface area (Å²) in [7, 11) is 0. The third-order valence-electron chi connectivity index (χ3n) is 7.46. The molecule has 4 N–H and O–H groups in total. The van der Waals surface area contributed by atoms with Crippen LogP contribution in [0.15, 0.2) is 0 Å². The van der Waals surface area contributed by atoms with E-state index in [-0.39, 0.29) is 12.5 Å². The summed E-state index contributed by atoms with van der Waals surface area (Å²) >= 11 is 0. The Hall–Kier alpha value is -0.650. The zero-order valence-corrected chi connectivity index (χ0v) is 24.2. The Bertz CT molecular complexity index is 460. The van der Waals surface area contributed by atoms with E-state index >= 15 is 0 Å². The number of carbonyl (C=O) groups excluding carboxylic acids is 1. The van der Waals surface area contributed by atoms with Crippen LogP contribution in [-0.4, -0.2) is 46.1 Å². The van der Waals surface area contributed by atoms with Gasteiger partial charge in [-0.25, -0.2) is 0 Å². The van der Waals surface area contributed by atoms with E-state index in [9.17, 15) is 20.1 Å². The highest BCUT2D eigenvalue weighted by atomic mass is 16.3. The molecule has 0 saturated heterocycles. The Labute approximate surface area is 224 Å². The summed E-state index contributed by atoms with van der Waals surface area (Å²) in [6, 6.07) is -0.798. The highest BCUT2D eigenvalue weighted by Gasteiger charge is 2.26. The lowest BCUT2D eigenvalue weighted by atomic mass is 9.99. The lowest BCUT2D eigenvalue weighted by Crippen LogP contribution is -2.50. The van der Waals surface area contributed by atoms with Crippen LogP contribution in [0.2, 0.25) is 0 Å². The van der Waals surface area contributed by atoms with E-state index in [0.29, 0.717) is 12.8 Å². The van der Waals surface area contributed by atoms with Crippen LogP contribution in [-0.2, 0) is 4.79 Å². The molecule has 0 aromatic carbocycles. The van der Waals surface area contributed by atoms with Gasteiger partial charge in [0.15, 0.2) is 0 Å². The van der Waals surface area contributed by atoms with E-state index in [0.717, 1.165) is 38.5 Å². The van der Waals surface area contributed by atoms with Crippen LogP contribution in [0.4, 0.5) is 0 Å². The zero-order chi connectivity index (χ0) is 26.7. The maximum absolute atomic E-state index is 12.3. The molecule has 0 spiro atoms. The minimum absolute atomic E-state index is 0.147. The lowest BCUT2D eigenvalue weighted by molar-refractivity contribution is -0.124. The second-order valence-electron chi connectivity index (χ2n) is 11.0. The van der Waals surface area contributed by atoms with Crippen molar-refractivity contribution in [2.45, 2.75) is 186 Å². The smallest absolute Gasteiger partial charge is 0.220 e. The van der Waals surface area contributed by atoms with Gasteiger partial charge >= 0.3 is 0 Å². The fourth-order valence-electron chi connectivity index (χ4n) is 4.92. The van der Waals surface area contributed by atoms with E-state index in [1.54, 1.807) is 0 Å². The Morgan fingerprint density at radius 2 is 0.944 bits per heavy atom. The molecular formula is C31H63NO4. The Morgan fingerprint density at radius 3 is 1.33 bits per heavy atom. The van der Waals surface area contributed by atoms with Gasteiger partial charge in [0.1, 0.15) is 6.10 Å². The quantitative estimate of drug-likeness (QED) is 0.0811. The molecule has 216 valence electrons. The SMILES string of the molecule is CCCCCCCCCCCCCCC(=O)N[C@@H](CO)[C@H](O)[C@H](O)CCCCCCCCCCCC. The van der Waals surface area contributed by atoms with E-state index in [1.807, 2.05) is 0 Å². The number of rotatable bonds is 28. The van der Waals surface area contributed by atoms with Gasteiger partial charge in [0.05, 0.1) is 18.8 Å². The molecule has 0 saturated carbocycles. The summed E-state index contributed by atoms with van der Waals surface area (Å²) in [5, 5.41) is 33.1. The number of aliphatic hydroxyl groups is 3. The van der Waals surface area contributed by atoms with Gasteiger partial charge in [0.25, 0.3) is 0 Å². The standard InChI is InChI=1S/C31H63NO4/c1-3-5-7-9-11-13-15-16-18-20-22-24-26-30(35)32-28(27-33)31(36)29(34)25-23-21-19-17-14-12-10-8-6-4-2/h28-29,31,33-34,36H,3-27H2,1-2H3,(H,32,35)/t28-,29+,31-/m0/s1. The number of unbranched alkanes of at least 4 members (excludes halogenated alkanes) is 20. The van der Waals surface area contributed by atoms with Gasteiger partial charge in [-0.3, -0.25) is 4.79 Å². The molecule has 0 rings (SSSR count). The number of carbonyl (C=O) groups is 1. The minimum Gasteiger partial charge on any atom is -0.394 e. The van der Waals surface area contributed by atoms with Crippen LogP contribution in [0.25, 0.3) is 0 Å². The van der Waals surface area contributed by atoms with Crippen LogP contribution >= 0.6 is 0 Å². The molecule has 0 aromatic rings. The predicted molar refractivity (Wildman–Crippen MR) is 153 cm³/mol. The van der Waals surface area contributed by atoms with Crippen molar-refractivity contribution in [2.24, 2.45) is 0 Å². The van der Waals surface area contributed by atoms with Crippen molar-refractivity contribution < 1.29 is 20.1 Å². The van der Waals surface area contributed by atoms with Gasteiger partial charge in [-0.05, 0) is 12.8 Å². The third kappa shape index (κ3) is 22.5. The van der Waals surface area contributed by atoms with E-state index in [2.05, 4.69) is 19.2 Å². The second kappa shape index (κ2) is 27.4. The number of hydrogen-bond acceptors (Lipinski definition) is 4. The summed E-state index contributed by atoms with van der Waals surface area (Å²) in [6.07, 6.45) is 26.1. The highest BCUT2D eigenvalue weighted by Crippen LogP contribution is 2.15. The van der Waals surface area contributed by atoms with Crippen LogP contribution in [0.3, 0.4) is 0 Å². The molecule has 5 nitrogen and oxygen atoms in total. The second-order valence-corrected chi connectivity index (χ2v) is 11.0. The van der Waals surface area contributed by atoms with E-state index in [4.69, 9.17) is 0 Å². The molecule has 0 fully saturated rings. The van der Waals surface area contributed by atoms with E-state index in [1.165, 1.54) is 103 Å². The summed E-state index contributed by atoms with van der Waals surface area (Å²) < 4.78 is 0. The van der Waals surface area contributed by atoms with Gasteiger partial charge in [0, 0.05) is 6.42 Å². The Morgan fingerprint density at radius 1 is 0.583 bits per heavy atom. The number of amides is 1. The van der Waals surface area contributed by atoms with Crippen molar-refractivity contribution >= 4 is 5.91 Å². The molecule has 0 bridgehead atoms. The predicted octanol–water partition coefficient (Wildman–Crippen LogP) is 7.59. The van der Waals surface area contributed by atoms with E-state index < -0.39 is 18.2 Å². The molecule has 0 aliphatic rings. The molecule has 0 unspecified atom stereocenters. The molecule has 0 radical (unpaired) electrons. The largest absolute Gasteiger partial charge is 0.394 e. The van der Waals surface area contributed by atoms with Crippen LogP contribution in [0.5, 0.6) is 0 Å². The van der Waals surface area contributed by atoms with Crippen molar-refractivity contribution in [1.82, 2.24) is 5.32 Å². The molecule has 5 heteroatoms. The monoisotopic (exact) mass is 513 g/mol. The van der Waals surface area contributed by atoms with Crippen molar-refractivity contribution in [1.29, 1.82) is 0 Å². The first kappa shape index (κ1) is 35.4. The lowest BCUT2D eigenvalue weighted by Gasteiger charge is -2.26. The average Bonchev–Trinajstić information content (AvgIpc) is 2.88. The molecule has 0 aliphatic heterocycles. The van der Waals surface area contributed by atoms with Gasteiger partial charge in [-0.15, -0.1) is 0 Å². The van der Waals surface area contributed by atoms with Crippen LogP contribution in [0.1, 0.15) is 168 Å². The van der Waals surface area contributed by atoms with Gasteiger partial charge in [0.2, 0.25) is 5.91 Å². The van der Waals surface area contributed by atoms with Gasteiger partial charge in [-0.1, -0.05) is 149 Å². The van der Waals surface area contributed by atoms with Crippen LogP contribution in [0, 0.1) is 0 Å². The molecule has 0 heterocycles. The highest BCUT2D eigenvalue weighted by molar-refractivity contribution is 5.76. The fourth-order valence-corrected chi connectivity index (χ4v) is 4.92. The normalized spacial score (nSPS) is 14.0. The summed E-state index contributed by atoms with van der Waals surface area (Å²) in [4.78, 5) is 12.3. The Kier molecular flexibility index (Phi) is 26.9. The van der Waals surface area contributed by atoms with Crippen molar-refractivity contribution in [3.05, 3.63) is 0 Å². The number of aliphatic hydroxyl groups excluding tert-OH is 3. The fraction of sp³-hybridized carbons (Fsp3) is 0.968. The maximum atomic E-state index is 12.3. The van der Waals surface area contributed by atoms with Crippen LogP contribution < -0.4 is 5.32 Å². The Balaban J connectivity index is 3.73. The summed E-state index contributed by atoms with van der Waals surface area (Å²) in [5.74, 6) is -0.147. The summed E-state index contributed by atoms with van der Waals surface area (Å²) in [5.41, 5.74) is 0. The molecule has 3 atom stereocenters. The minimum atomic E-state index is -1.13. The first-order chi connectivity index (χ1) is 17.6. The first-order valence-corrected chi connectivity index (χ1v) is 15.8. The molecule has 0 aliphatic carbocycles. The van der Waals surface area contributed by atoms with Crippen molar-refractivity contribution in [3.63, 3.8) is 0 Å². The third-order valence-corrected chi connectivity index (χ3v) is 7.46. The van der Waals surface area contributed by atoms with Gasteiger partial charge < -0.3 is 20.6 Å². The average molecular weight is 514 g/mol. The molecule has 36 heavy (non-hydrogen) atoms. The zero-order valence-electron chi connectivity index (χ0n) is 24.2. The number of nitrogens with one attached hydrogen (secondary N) is 1. The summed E-state index contributed by atoms with van der Waals surface area (Å²) in [6.45, 7) is 4.13. The molecular weight excluding hydrogens is 450 g/mol. The molecule has 1 amide bonds.